The Balaban J connectivity index is 1.61. The fraction of sp³-hybridized carbons (Fsp3) is 0.111. The molecule has 5 nitrogen and oxygen atoms in total. The molecule has 1 aromatic carbocycles. The van der Waals surface area contributed by atoms with Gasteiger partial charge in [0.2, 0.25) is 0 Å². The monoisotopic (exact) mass is 340 g/mol. The van der Waals surface area contributed by atoms with Crippen LogP contribution in [0.2, 0.25) is 0 Å². The lowest BCUT2D eigenvalue weighted by Gasteiger charge is -2.12. The molecule has 3 aromatic rings. The minimum atomic E-state index is -0.330. The number of carbonyl (C=O) groups is 2. The summed E-state index contributed by atoms with van der Waals surface area (Å²) in [7, 11) is 0. The Morgan fingerprint density at radius 2 is 1.83 bits per heavy atom. The summed E-state index contributed by atoms with van der Waals surface area (Å²) in [5.74, 6) is -0.245. The lowest BCUT2D eigenvalue weighted by atomic mass is 10.1. The van der Waals surface area contributed by atoms with Crippen molar-refractivity contribution in [1.82, 2.24) is 5.32 Å². The Hall–Kier alpha value is -2.86. The first-order valence-electron chi connectivity index (χ1n) is 7.42. The number of rotatable bonds is 5. The van der Waals surface area contributed by atoms with Gasteiger partial charge in [-0.3, -0.25) is 9.59 Å². The maximum Gasteiger partial charge on any atom is 0.291 e. The van der Waals surface area contributed by atoms with Crippen LogP contribution in [0.1, 0.15) is 38.8 Å². The van der Waals surface area contributed by atoms with Crippen molar-refractivity contribution in [3.63, 3.8) is 0 Å². The molecule has 0 aliphatic carbocycles. The first kappa shape index (κ1) is 16.0. The zero-order valence-corrected chi connectivity index (χ0v) is 13.8. The highest BCUT2D eigenvalue weighted by Crippen LogP contribution is 2.19. The fourth-order valence-electron chi connectivity index (χ4n) is 2.19. The average molecular weight is 340 g/mol. The van der Waals surface area contributed by atoms with Gasteiger partial charge in [-0.2, -0.15) is 0 Å². The summed E-state index contributed by atoms with van der Waals surface area (Å²) in [6, 6.07) is 13.9. The van der Waals surface area contributed by atoms with E-state index in [2.05, 4.69) is 10.6 Å². The van der Waals surface area contributed by atoms with Crippen LogP contribution in [0.15, 0.2) is 64.6 Å². The van der Waals surface area contributed by atoms with Crippen molar-refractivity contribution >= 4 is 28.8 Å². The van der Waals surface area contributed by atoms with Crippen molar-refractivity contribution < 1.29 is 14.0 Å². The van der Waals surface area contributed by atoms with E-state index in [1.54, 1.807) is 47.7 Å². The van der Waals surface area contributed by atoms with Crippen LogP contribution in [0.25, 0.3) is 0 Å². The summed E-state index contributed by atoms with van der Waals surface area (Å²) in [5.41, 5.74) is 1.13. The van der Waals surface area contributed by atoms with Crippen molar-refractivity contribution in [3.05, 3.63) is 76.4 Å². The quantitative estimate of drug-likeness (QED) is 0.735. The first-order valence-corrected chi connectivity index (χ1v) is 8.30. The Morgan fingerprint density at radius 3 is 2.46 bits per heavy atom. The third-order valence-corrected chi connectivity index (χ3v) is 4.52. The van der Waals surface area contributed by atoms with Crippen LogP contribution >= 0.6 is 11.3 Å². The van der Waals surface area contributed by atoms with Crippen LogP contribution in [0.5, 0.6) is 0 Å². The van der Waals surface area contributed by atoms with E-state index in [4.69, 9.17) is 4.42 Å². The lowest BCUT2D eigenvalue weighted by molar-refractivity contribution is 0.0939. The topological polar surface area (TPSA) is 71.3 Å². The lowest BCUT2D eigenvalue weighted by Crippen LogP contribution is -2.26. The standard InChI is InChI=1S/C18H16N2O3S/c1-12(16-5-3-11-24-16)19-17(21)13-6-8-14(9-7-13)20-18(22)15-4-2-10-23-15/h2-12H,1H3,(H,19,21)(H,20,22)/t12-/m0/s1. The summed E-state index contributed by atoms with van der Waals surface area (Å²) in [6.45, 7) is 1.95. The molecule has 0 radical (unpaired) electrons. The van der Waals surface area contributed by atoms with Crippen LogP contribution in [0.3, 0.4) is 0 Å². The van der Waals surface area contributed by atoms with E-state index in [-0.39, 0.29) is 23.6 Å². The Labute approximate surface area is 143 Å². The molecule has 0 aliphatic heterocycles. The maximum absolute atomic E-state index is 12.3. The molecule has 0 aliphatic rings. The summed E-state index contributed by atoms with van der Waals surface area (Å²) in [4.78, 5) is 25.3. The number of anilines is 1. The van der Waals surface area contributed by atoms with Gasteiger partial charge in [0.15, 0.2) is 5.76 Å². The molecule has 0 saturated heterocycles. The third-order valence-electron chi connectivity index (χ3n) is 3.47. The molecule has 122 valence electrons. The van der Waals surface area contributed by atoms with Crippen LogP contribution in [-0.2, 0) is 0 Å². The van der Waals surface area contributed by atoms with E-state index in [0.717, 1.165) is 4.88 Å². The smallest absolute Gasteiger partial charge is 0.291 e. The number of carbonyl (C=O) groups excluding carboxylic acids is 2. The van der Waals surface area contributed by atoms with Crippen LogP contribution in [0, 0.1) is 0 Å². The molecular formula is C18H16N2O3S. The molecule has 2 heterocycles. The van der Waals surface area contributed by atoms with Crippen molar-refractivity contribution in [2.45, 2.75) is 13.0 Å². The molecule has 0 saturated carbocycles. The van der Waals surface area contributed by atoms with Crippen molar-refractivity contribution in [2.24, 2.45) is 0 Å². The normalized spacial score (nSPS) is 11.7. The highest BCUT2D eigenvalue weighted by Gasteiger charge is 2.13. The molecule has 6 heteroatoms. The molecule has 2 amide bonds. The number of thiophene rings is 1. The van der Waals surface area contributed by atoms with E-state index in [1.807, 2.05) is 24.4 Å². The second-order valence-corrected chi connectivity index (χ2v) is 6.20. The molecule has 1 atom stereocenters. The summed E-state index contributed by atoms with van der Waals surface area (Å²) in [5, 5.41) is 7.64. The molecule has 24 heavy (non-hydrogen) atoms. The second kappa shape index (κ2) is 7.14. The molecule has 0 fully saturated rings. The molecule has 2 N–H and O–H groups in total. The van der Waals surface area contributed by atoms with E-state index < -0.39 is 0 Å². The van der Waals surface area contributed by atoms with Crippen molar-refractivity contribution in [3.8, 4) is 0 Å². The first-order chi connectivity index (χ1) is 11.6. The van der Waals surface area contributed by atoms with Crippen LogP contribution in [0.4, 0.5) is 5.69 Å². The SMILES string of the molecule is C[C@H](NC(=O)c1ccc(NC(=O)c2ccco2)cc1)c1cccs1. The molecule has 0 bridgehead atoms. The molecule has 0 unspecified atom stereocenters. The van der Waals surface area contributed by atoms with Gasteiger partial charge in [0, 0.05) is 16.1 Å². The highest BCUT2D eigenvalue weighted by molar-refractivity contribution is 7.10. The molecular weight excluding hydrogens is 324 g/mol. The number of amides is 2. The molecule has 0 spiro atoms. The number of furan rings is 1. The minimum Gasteiger partial charge on any atom is -0.459 e. The van der Waals surface area contributed by atoms with E-state index >= 15 is 0 Å². The van der Waals surface area contributed by atoms with Crippen LogP contribution in [-0.4, -0.2) is 11.8 Å². The number of nitrogens with one attached hydrogen (secondary N) is 2. The van der Waals surface area contributed by atoms with Gasteiger partial charge in [0.1, 0.15) is 0 Å². The largest absolute Gasteiger partial charge is 0.459 e. The van der Waals surface area contributed by atoms with E-state index in [9.17, 15) is 9.59 Å². The van der Waals surface area contributed by atoms with Crippen molar-refractivity contribution in [1.29, 1.82) is 0 Å². The maximum atomic E-state index is 12.3. The average Bonchev–Trinajstić information content (AvgIpc) is 3.29. The zero-order valence-electron chi connectivity index (χ0n) is 13.0. The van der Waals surface area contributed by atoms with Gasteiger partial charge in [0.25, 0.3) is 11.8 Å². The fourth-order valence-corrected chi connectivity index (χ4v) is 2.93. The van der Waals surface area contributed by atoms with Gasteiger partial charge < -0.3 is 15.1 Å². The van der Waals surface area contributed by atoms with Gasteiger partial charge in [-0.1, -0.05) is 6.07 Å². The third kappa shape index (κ3) is 3.72. The predicted octanol–water partition coefficient (Wildman–Crippen LogP) is 4.08. The van der Waals surface area contributed by atoms with Crippen LogP contribution < -0.4 is 10.6 Å². The Morgan fingerprint density at radius 1 is 1.04 bits per heavy atom. The molecule has 2 aromatic heterocycles. The zero-order chi connectivity index (χ0) is 16.9. The number of hydrogen-bond donors (Lipinski definition) is 2. The van der Waals surface area contributed by atoms with Gasteiger partial charge in [-0.15, -0.1) is 11.3 Å². The predicted molar refractivity (Wildman–Crippen MR) is 93.3 cm³/mol. The number of benzene rings is 1. The van der Waals surface area contributed by atoms with Gasteiger partial charge in [-0.25, -0.2) is 0 Å². The Kier molecular flexibility index (Phi) is 4.77. The number of hydrogen-bond acceptors (Lipinski definition) is 4. The van der Waals surface area contributed by atoms with E-state index in [0.29, 0.717) is 11.3 Å². The second-order valence-electron chi connectivity index (χ2n) is 5.22. The van der Waals surface area contributed by atoms with E-state index in [1.165, 1.54) is 6.26 Å². The van der Waals surface area contributed by atoms with Gasteiger partial charge in [-0.05, 0) is 54.8 Å². The molecule has 3 rings (SSSR count). The minimum absolute atomic E-state index is 0.0455. The van der Waals surface area contributed by atoms with Gasteiger partial charge >= 0.3 is 0 Å². The van der Waals surface area contributed by atoms with Crippen molar-refractivity contribution in [2.75, 3.05) is 5.32 Å². The summed E-state index contributed by atoms with van der Waals surface area (Å²) >= 11 is 1.61. The Bertz CT molecular complexity index is 809. The van der Waals surface area contributed by atoms with Gasteiger partial charge in [0.05, 0.1) is 12.3 Å². The summed E-state index contributed by atoms with van der Waals surface area (Å²) in [6.07, 6.45) is 1.44. The summed E-state index contributed by atoms with van der Waals surface area (Å²) < 4.78 is 5.03. The highest BCUT2D eigenvalue weighted by atomic mass is 32.1.